The van der Waals surface area contributed by atoms with Crippen LogP contribution >= 0.6 is 0 Å². The minimum Gasteiger partial charge on any atom is 0 e. The molecule has 0 aliphatic carbocycles. The summed E-state index contributed by atoms with van der Waals surface area (Å²) < 4.78 is 8.42. The van der Waals surface area contributed by atoms with Crippen LogP contribution in [0.1, 0.15) is 2.85 Å². The smallest absolute Gasteiger partial charge is 0 e. The summed E-state index contributed by atoms with van der Waals surface area (Å²) in [6.07, 6.45) is 0. The van der Waals surface area contributed by atoms with Gasteiger partial charge in [-0.25, -0.2) is 0 Å². The zero-order valence-corrected chi connectivity index (χ0v) is 9.26. The van der Waals surface area contributed by atoms with Crippen LogP contribution in [0.25, 0.3) is 0 Å². The van der Waals surface area contributed by atoms with Crippen molar-refractivity contribution in [1.29, 1.82) is 0 Å². The van der Waals surface area contributed by atoms with Gasteiger partial charge in [0.05, 0.1) is 0 Å². The third-order valence-corrected chi connectivity index (χ3v) is 0. The molecule has 0 heterocycles. The van der Waals surface area contributed by atoms with E-state index in [0.29, 0.717) is 0 Å². The van der Waals surface area contributed by atoms with Gasteiger partial charge in [-0.1, -0.05) is 0 Å². The summed E-state index contributed by atoms with van der Waals surface area (Å²) in [7, 11) is 0. The van der Waals surface area contributed by atoms with Crippen LogP contribution in [0.4, 0.5) is 0 Å². The van der Waals surface area contributed by atoms with Crippen molar-refractivity contribution in [1.82, 2.24) is 0 Å². The average Bonchev–Trinajstić information content (AvgIpc) is 1.00. The first-order valence-electron chi connectivity index (χ1n) is 0.289. The number of hydrogen-bond donors (Lipinski definition) is 0. The van der Waals surface area contributed by atoms with E-state index in [0.717, 1.165) is 0 Å². The molecule has 0 rings (SSSR count). The fraction of sp³-hybridized carbons (Fsp3) is 0. The van der Waals surface area contributed by atoms with Gasteiger partial charge in [-0.15, -0.1) is 0 Å². The van der Waals surface area contributed by atoms with Crippen molar-refractivity contribution in [3.05, 3.63) is 0 Å². The second kappa shape index (κ2) is 16.7. The summed E-state index contributed by atoms with van der Waals surface area (Å²) in [5, 5.41) is 0. The molecule has 0 amide bonds. The maximum absolute atomic E-state index is 8.42. The standard InChI is InChI=1S/In.Mg.O.Yb.3H/q;+2;;;;2*-1. The molecule has 0 aliphatic rings. The zero-order chi connectivity index (χ0) is 2.00. The van der Waals surface area contributed by atoms with Gasteiger partial charge in [0.25, 0.3) is 0 Å². The Bertz CT molecular complexity index is 13.5. The summed E-state index contributed by atoms with van der Waals surface area (Å²) >= 11 is -0.1000. The quantitative estimate of drug-likeness (QED) is 0.525. The Morgan fingerprint density at radius 3 is 1.50 bits per heavy atom. The fourth-order valence-electron chi connectivity index (χ4n) is 0. The molecule has 28 valence electrons. The maximum atomic E-state index is 8.42. The topological polar surface area (TPSA) is 17.1 Å². The largest absolute Gasteiger partial charge is 0 e. The zero-order valence-electron chi connectivity index (χ0n) is 4.09. The van der Waals surface area contributed by atoms with Crippen LogP contribution in [0.5, 0.6) is 0 Å². The number of rotatable bonds is 0. The first-order valence-corrected chi connectivity index (χ1v) is 1.94. The first-order chi connectivity index (χ1) is 1.00. The van der Waals surface area contributed by atoms with Gasteiger partial charge in [-0.3, -0.25) is 0 Å². The van der Waals surface area contributed by atoms with Gasteiger partial charge in [0.15, 0.2) is 0 Å². The number of hydrogen-bond acceptors (Lipinski definition) is 1. The Labute approximate surface area is 97.6 Å². The van der Waals surface area contributed by atoms with E-state index in [1.165, 1.54) is 0 Å². The molecule has 0 N–H and O–H groups in total. The third-order valence-electron chi connectivity index (χ3n) is 0. The molecule has 0 aromatic carbocycles. The van der Waals surface area contributed by atoms with E-state index in [-0.39, 0.29) is 97.2 Å². The summed E-state index contributed by atoms with van der Waals surface area (Å²) in [6.45, 7) is 0. The van der Waals surface area contributed by atoms with Crippen LogP contribution < -0.4 is 0 Å². The monoisotopic (exact) mass is 332 g/mol. The van der Waals surface area contributed by atoms with Crippen LogP contribution in [-0.4, -0.2) is 47.4 Å². The van der Waals surface area contributed by atoms with E-state index in [9.17, 15) is 0 Å². The Kier molecular flexibility index (Phi) is 66.0. The summed E-state index contributed by atoms with van der Waals surface area (Å²) in [6, 6.07) is 0. The Balaban J connectivity index is -0.000000000833. The van der Waals surface area contributed by atoms with E-state index in [1.807, 2.05) is 0 Å². The molecule has 0 saturated carbocycles. The normalized spacial score (nSPS) is 0.750. The molecular weight excluding hydrogens is 328 g/mol. The van der Waals surface area contributed by atoms with Crippen LogP contribution in [0.15, 0.2) is 0 Å². The minimum absolute atomic E-state index is 0. The Morgan fingerprint density at radius 2 is 1.50 bits per heavy atom. The average molecular weight is 331 g/mol. The SMILES string of the molecule is [H-].[H-].[Mg+2].[O]=[InH].[Yb]. The van der Waals surface area contributed by atoms with Gasteiger partial charge in [0, 0.05) is 46.9 Å². The molecule has 1 nitrogen and oxygen atoms in total. The van der Waals surface area contributed by atoms with E-state index >= 15 is 0 Å². The molecule has 0 aliphatic heterocycles. The molecule has 4 heteroatoms. The van der Waals surface area contributed by atoms with Crippen molar-refractivity contribution >= 4 is 47.4 Å². The second-order valence-electron chi connectivity index (χ2n) is 0. The van der Waals surface area contributed by atoms with Gasteiger partial charge in [-0.2, -0.15) is 0 Å². The summed E-state index contributed by atoms with van der Waals surface area (Å²) in [5.41, 5.74) is 0. The molecule has 0 spiro atoms. The Morgan fingerprint density at radius 1 is 1.50 bits per heavy atom. The fourth-order valence-corrected chi connectivity index (χ4v) is 0. The molecule has 0 fully saturated rings. The van der Waals surface area contributed by atoms with E-state index in [4.69, 9.17) is 2.85 Å². The van der Waals surface area contributed by atoms with Crippen molar-refractivity contribution in [3.8, 4) is 0 Å². The van der Waals surface area contributed by atoms with E-state index in [1.54, 1.807) is 0 Å². The van der Waals surface area contributed by atoms with Gasteiger partial charge in [0.2, 0.25) is 0 Å². The van der Waals surface area contributed by atoms with Gasteiger partial charge >= 0.3 is 50.3 Å². The van der Waals surface area contributed by atoms with Gasteiger partial charge in [-0.05, 0) is 0 Å². The second-order valence-corrected chi connectivity index (χ2v) is 0. The van der Waals surface area contributed by atoms with Crippen LogP contribution in [0.2, 0.25) is 0 Å². The van der Waals surface area contributed by atoms with Crippen molar-refractivity contribution in [2.24, 2.45) is 0 Å². The summed E-state index contributed by atoms with van der Waals surface area (Å²) in [5.74, 6) is 0. The molecular formula is H3InMgOYb. The molecule has 4 heavy (non-hydrogen) atoms. The summed E-state index contributed by atoms with van der Waals surface area (Å²) in [4.78, 5) is 0. The predicted molar refractivity (Wildman–Crippen MR) is 15.8 cm³/mol. The molecule has 0 bridgehead atoms. The molecule has 0 saturated heterocycles. The molecule has 0 atom stereocenters. The molecule has 0 aromatic heterocycles. The van der Waals surface area contributed by atoms with Crippen molar-refractivity contribution in [2.75, 3.05) is 0 Å². The molecule has 0 aromatic rings. The predicted octanol–water partition coefficient (Wildman–Crippen LogP) is -0.923. The maximum Gasteiger partial charge on any atom is 0 e. The van der Waals surface area contributed by atoms with Crippen molar-refractivity contribution in [3.63, 3.8) is 0 Å². The van der Waals surface area contributed by atoms with Crippen LogP contribution in [0, 0.1) is 46.9 Å². The first kappa shape index (κ1) is 15.8. The van der Waals surface area contributed by atoms with Gasteiger partial charge < -0.3 is 2.85 Å². The molecule has 0 radical (unpaired) electrons. The minimum atomic E-state index is -0.1000. The molecule has 0 unspecified atom stereocenters. The van der Waals surface area contributed by atoms with E-state index in [2.05, 4.69) is 0 Å². The van der Waals surface area contributed by atoms with Crippen molar-refractivity contribution in [2.45, 2.75) is 0 Å². The third kappa shape index (κ3) is 8.88. The van der Waals surface area contributed by atoms with Crippen LogP contribution in [-0.2, 0) is 2.85 Å². The Hall–Kier alpha value is 2.96. The van der Waals surface area contributed by atoms with Crippen LogP contribution in [0.3, 0.4) is 0 Å². The van der Waals surface area contributed by atoms with E-state index < -0.39 is 0 Å². The van der Waals surface area contributed by atoms with Gasteiger partial charge in [0.1, 0.15) is 0 Å². The van der Waals surface area contributed by atoms with Crippen molar-refractivity contribution < 1.29 is 52.6 Å².